The van der Waals surface area contributed by atoms with Gasteiger partial charge in [-0.25, -0.2) is 0 Å². The van der Waals surface area contributed by atoms with Gasteiger partial charge in [0.2, 0.25) is 0 Å². The van der Waals surface area contributed by atoms with Crippen LogP contribution in [0, 0.1) is 0 Å². The molecule has 3 nitrogen and oxygen atoms in total. The summed E-state index contributed by atoms with van der Waals surface area (Å²) in [6.07, 6.45) is 0. The summed E-state index contributed by atoms with van der Waals surface area (Å²) >= 11 is 1.49. The molecule has 0 aromatic carbocycles. The molecule has 3 N–H and O–H groups in total. The number of primary amides is 1. The first-order valence-corrected chi connectivity index (χ1v) is 4.24. The maximum atomic E-state index is 10.7. The molecule has 1 rings (SSSR count). The van der Waals surface area contributed by atoms with Gasteiger partial charge in [-0.3, -0.25) is 4.79 Å². The average Bonchev–Trinajstić information content (AvgIpc) is 2.36. The average molecular weight is 170 g/mol. The number of amides is 1. The van der Waals surface area contributed by atoms with Crippen LogP contribution in [0.4, 0.5) is 5.00 Å². The van der Waals surface area contributed by atoms with E-state index in [1.54, 1.807) is 6.07 Å². The largest absolute Gasteiger partial charge is 0.377 e. The lowest BCUT2D eigenvalue weighted by Crippen LogP contribution is -2.12. The van der Waals surface area contributed by atoms with Gasteiger partial charge in [0.25, 0.3) is 5.91 Å². The van der Waals surface area contributed by atoms with Crippen molar-refractivity contribution in [3.63, 3.8) is 0 Å². The number of carbonyl (C=O) groups is 1. The number of nitrogens with one attached hydrogen (secondary N) is 1. The van der Waals surface area contributed by atoms with Crippen molar-refractivity contribution >= 4 is 22.2 Å². The van der Waals surface area contributed by atoms with Crippen molar-refractivity contribution in [3.05, 3.63) is 17.0 Å². The van der Waals surface area contributed by atoms with Crippen LogP contribution in [0.1, 0.15) is 17.3 Å². The quantitative estimate of drug-likeness (QED) is 0.718. The zero-order chi connectivity index (χ0) is 8.27. The van der Waals surface area contributed by atoms with E-state index in [4.69, 9.17) is 5.73 Å². The van der Waals surface area contributed by atoms with Gasteiger partial charge in [0, 0.05) is 6.54 Å². The minimum Gasteiger partial charge on any atom is -0.377 e. The third kappa shape index (κ3) is 1.71. The molecule has 1 heterocycles. The van der Waals surface area contributed by atoms with Gasteiger partial charge in [0.05, 0.1) is 5.56 Å². The highest BCUT2D eigenvalue weighted by molar-refractivity contribution is 7.14. The van der Waals surface area contributed by atoms with Crippen LogP contribution in [0.15, 0.2) is 11.4 Å². The van der Waals surface area contributed by atoms with E-state index in [0.29, 0.717) is 5.56 Å². The highest BCUT2D eigenvalue weighted by Gasteiger charge is 2.07. The zero-order valence-corrected chi connectivity index (χ0v) is 7.07. The van der Waals surface area contributed by atoms with E-state index in [2.05, 4.69) is 5.32 Å². The third-order valence-electron chi connectivity index (χ3n) is 1.27. The Labute approximate surface area is 69.2 Å². The van der Waals surface area contributed by atoms with E-state index < -0.39 is 0 Å². The van der Waals surface area contributed by atoms with Crippen LogP contribution in [0.5, 0.6) is 0 Å². The molecule has 1 aromatic heterocycles. The maximum absolute atomic E-state index is 10.7. The fraction of sp³-hybridized carbons (Fsp3) is 0.286. The van der Waals surface area contributed by atoms with Gasteiger partial charge in [-0.2, -0.15) is 0 Å². The highest BCUT2D eigenvalue weighted by atomic mass is 32.1. The molecule has 4 heteroatoms. The first-order chi connectivity index (χ1) is 5.25. The SMILES string of the molecule is CCNc1sccc1C(N)=O. The molecule has 1 aromatic rings. The molecule has 0 saturated heterocycles. The molecule has 0 unspecified atom stereocenters. The Morgan fingerprint density at radius 1 is 1.82 bits per heavy atom. The number of thiophene rings is 1. The van der Waals surface area contributed by atoms with E-state index >= 15 is 0 Å². The zero-order valence-electron chi connectivity index (χ0n) is 6.26. The van der Waals surface area contributed by atoms with Gasteiger partial charge in [0.15, 0.2) is 0 Å². The Balaban J connectivity index is 2.87. The topological polar surface area (TPSA) is 55.1 Å². The normalized spacial score (nSPS) is 9.55. The number of nitrogens with two attached hydrogens (primary N) is 1. The molecule has 0 aliphatic heterocycles. The fourth-order valence-corrected chi connectivity index (χ4v) is 1.66. The first-order valence-electron chi connectivity index (χ1n) is 3.37. The molecule has 0 fully saturated rings. The lowest BCUT2D eigenvalue weighted by molar-refractivity contribution is 0.100. The Morgan fingerprint density at radius 2 is 2.55 bits per heavy atom. The molecule has 0 bridgehead atoms. The molecular formula is C7H10N2OS. The van der Waals surface area contributed by atoms with E-state index in [9.17, 15) is 4.79 Å². The number of hydrogen-bond acceptors (Lipinski definition) is 3. The van der Waals surface area contributed by atoms with Crippen LogP contribution in [0.25, 0.3) is 0 Å². The van der Waals surface area contributed by atoms with Gasteiger partial charge in [-0.1, -0.05) is 0 Å². The predicted molar refractivity (Wildman–Crippen MR) is 47.0 cm³/mol. The molecular weight excluding hydrogens is 160 g/mol. The van der Waals surface area contributed by atoms with Crippen molar-refractivity contribution in [2.45, 2.75) is 6.92 Å². The Bertz CT molecular complexity index is 257. The minimum absolute atomic E-state index is 0.373. The van der Waals surface area contributed by atoms with E-state index in [1.807, 2.05) is 12.3 Å². The minimum atomic E-state index is -0.373. The van der Waals surface area contributed by atoms with Gasteiger partial charge < -0.3 is 11.1 Å². The number of rotatable bonds is 3. The molecule has 11 heavy (non-hydrogen) atoms. The van der Waals surface area contributed by atoms with Crippen molar-refractivity contribution in [3.8, 4) is 0 Å². The van der Waals surface area contributed by atoms with Crippen LogP contribution in [0.3, 0.4) is 0 Å². The summed E-state index contributed by atoms with van der Waals surface area (Å²) in [5.41, 5.74) is 5.70. The number of anilines is 1. The first kappa shape index (κ1) is 8.07. The van der Waals surface area contributed by atoms with E-state index in [-0.39, 0.29) is 5.91 Å². The monoisotopic (exact) mass is 170 g/mol. The second-order valence-corrected chi connectivity index (χ2v) is 2.97. The lowest BCUT2D eigenvalue weighted by atomic mass is 10.3. The summed E-state index contributed by atoms with van der Waals surface area (Å²) < 4.78 is 0. The molecule has 0 spiro atoms. The third-order valence-corrected chi connectivity index (χ3v) is 2.14. The van der Waals surface area contributed by atoms with Crippen molar-refractivity contribution in [1.82, 2.24) is 0 Å². The molecule has 0 saturated carbocycles. The molecule has 0 atom stereocenters. The van der Waals surface area contributed by atoms with Crippen molar-refractivity contribution in [1.29, 1.82) is 0 Å². The van der Waals surface area contributed by atoms with Gasteiger partial charge >= 0.3 is 0 Å². The molecule has 60 valence electrons. The van der Waals surface area contributed by atoms with Gasteiger partial charge in [-0.05, 0) is 18.4 Å². The summed E-state index contributed by atoms with van der Waals surface area (Å²) in [5, 5.41) is 5.76. The second-order valence-electron chi connectivity index (χ2n) is 2.06. The van der Waals surface area contributed by atoms with Crippen LogP contribution in [-0.4, -0.2) is 12.5 Å². The van der Waals surface area contributed by atoms with Crippen LogP contribution >= 0.6 is 11.3 Å². The Morgan fingerprint density at radius 3 is 3.09 bits per heavy atom. The smallest absolute Gasteiger partial charge is 0.251 e. The lowest BCUT2D eigenvalue weighted by Gasteiger charge is -1.99. The van der Waals surface area contributed by atoms with E-state index in [1.165, 1.54) is 11.3 Å². The summed E-state index contributed by atoms with van der Waals surface area (Å²) in [5.74, 6) is -0.373. The van der Waals surface area contributed by atoms with Gasteiger partial charge in [0.1, 0.15) is 5.00 Å². The molecule has 0 radical (unpaired) electrons. The number of hydrogen-bond donors (Lipinski definition) is 2. The summed E-state index contributed by atoms with van der Waals surface area (Å²) in [6, 6.07) is 1.73. The Hall–Kier alpha value is -1.03. The fourth-order valence-electron chi connectivity index (χ4n) is 0.801. The van der Waals surface area contributed by atoms with Crippen molar-refractivity contribution in [2.24, 2.45) is 5.73 Å². The molecule has 1 amide bonds. The van der Waals surface area contributed by atoms with E-state index in [0.717, 1.165) is 11.5 Å². The van der Waals surface area contributed by atoms with Crippen molar-refractivity contribution < 1.29 is 4.79 Å². The number of carbonyl (C=O) groups excluding carboxylic acids is 1. The van der Waals surface area contributed by atoms with Crippen LogP contribution in [-0.2, 0) is 0 Å². The van der Waals surface area contributed by atoms with Crippen LogP contribution in [0.2, 0.25) is 0 Å². The van der Waals surface area contributed by atoms with Crippen molar-refractivity contribution in [2.75, 3.05) is 11.9 Å². The second kappa shape index (κ2) is 3.39. The van der Waals surface area contributed by atoms with Crippen LogP contribution < -0.4 is 11.1 Å². The van der Waals surface area contributed by atoms with Gasteiger partial charge in [-0.15, -0.1) is 11.3 Å². The molecule has 0 aliphatic carbocycles. The maximum Gasteiger partial charge on any atom is 0.251 e. The summed E-state index contributed by atoms with van der Waals surface area (Å²) in [7, 11) is 0. The highest BCUT2D eigenvalue weighted by Crippen LogP contribution is 2.21. The summed E-state index contributed by atoms with van der Waals surface area (Å²) in [4.78, 5) is 10.7. The summed E-state index contributed by atoms with van der Waals surface area (Å²) in [6.45, 7) is 2.78. The Kier molecular flexibility index (Phi) is 2.48. The standard InChI is InChI=1S/C7H10N2OS/c1-2-9-7-5(6(8)10)3-4-11-7/h3-4,9H,2H2,1H3,(H2,8,10). The predicted octanol–water partition coefficient (Wildman–Crippen LogP) is 1.28. The molecule has 0 aliphatic rings.